The number of hydrogen-bond acceptors (Lipinski definition) is 3. The number of carbonyl (C=O) groups is 1. The Labute approximate surface area is 163 Å². The molecule has 1 aromatic carbocycles. The van der Waals surface area contributed by atoms with Crippen molar-refractivity contribution in [2.24, 2.45) is 11.8 Å². The molecule has 1 N–H and O–H groups in total. The predicted molar refractivity (Wildman–Crippen MR) is 107 cm³/mol. The molecule has 1 saturated heterocycles. The number of amides is 1. The summed E-state index contributed by atoms with van der Waals surface area (Å²) in [4.78, 5) is 13.2. The van der Waals surface area contributed by atoms with Crippen molar-refractivity contribution in [3.63, 3.8) is 0 Å². The van der Waals surface area contributed by atoms with Gasteiger partial charge in [-0.25, -0.2) is 8.42 Å². The fourth-order valence-corrected chi connectivity index (χ4v) is 6.00. The molecule has 1 aliphatic carbocycles. The van der Waals surface area contributed by atoms with Gasteiger partial charge in [0, 0.05) is 19.1 Å². The molecule has 3 atom stereocenters. The van der Waals surface area contributed by atoms with Crippen LogP contribution in [0.2, 0.25) is 0 Å². The van der Waals surface area contributed by atoms with E-state index in [-0.39, 0.29) is 24.4 Å². The van der Waals surface area contributed by atoms with Gasteiger partial charge in [0.2, 0.25) is 15.9 Å². The van der Waals surface area contributed by atoms with Crippen LogP contribution in [0.15, 0.2) is 35.2 Å². The molecule has 1 aliphatic heterocycles. The Morgan fingerprint density at radius 2 is 1.93 bits per heavy atom. The molecule has 0 spiro atoms. The van der Waals surface area contributed by atoms with Gasteiger partial charge >= 0.3 is 0 Å². The number of sulfonamides is 1. The monoisotopic (exact) mass is 392 g/mol. The first kappa shape index (κ1) is 20.3. The van der Waals surface area contributed by atoms with Crippen LogP contribution in [-0.2, 0) is 14.8 Å². The summed E-state index contributed by atoms with van der Waals surface area (Å²) in [5.41, 5.74) is 0. The molecule has 3 unspecified atom stereocenters. The maximum atomic E-state index is 12.9. The number of piperidine rings is 1. The van der Waals surface area contributed by atoms with Gasteiger partial charge in [-0.3, -0.25) is 4.79 Å². The average molecular weight is 393 g/mol. The van der Waals surface area contributed by atoms with E-state index in [4.69, 9.17) is 0 Å². The van der Waals surface area contributed by atoms with E-state index in [0.717, 1.165) is 19.3 Å². The molecule has 1 amide bonds. The first-order valence-electron chi connectivity index (χ1n) is 10.4. The molecule has 150 valence electrons. The third-order valence-corrected chi connectivity index (χ3v) is 7.93. The molecule has 3 rings (SSSR count). The van der Waals surface area contributed by atoms with Crippen molar-refractivity contribution in [1.82, 2.24) is 9.62 Å². The Morgan fingerprint density at radius 3 is 2.67 bits per heavy atom. The van der Waals surface area contributed by atoms with Crippen molar-refractivity contribution in [3.8, 4) is 0 Å². The molecule has 2 aliphatic rings. The van der Waals surface area contributed by atoms with Crippen molar-refractivity contribution in [2.75, 3.05) is 13.1 Å². The standard InChI is InChI=1S/C21H32N2O3S/c1-2-3-9-17-10-7-14-20(17)22-21(24)18-11-8-15-23(16-18)27(25,26)19-12-5-4-6-13-19/h4-6,12-13,17-18,20H,2-3,7-11,14-16H2,1H3,(H,22,24). The number of unbranched alkanes of at least 4 members (excludes halogenated alkanes) is 1. The minimum absolute atomic E-state index is 0.0383. The van der Waals surface area contributed by atoms with Gasteiger partial charge in [-0.15, -0.1) is 0 Å². The summed E-state index contributed by atoms with van der Waals surface area (Å²) in [7, 11) is -3.53. The van der Waals surface area contributed by atoms with Gasteiger partial charge < -0.3 is 5.32 Å². The summed E-state index contributed by atoms with van der Waals surface area (Å²) in [5, 5.41) is 3.26. The van der Waals surface area contributed by atoms with Crippen molar-refractivity contribution in [2.45, 2.75) is 69.2 Å². The van der Waals surface area contributed by atoms with Gasteiger partial charge in [0.15, 0.2) is 0 Å². The molecule has 0 aromatic heterocycles. The summed E-state index contributed by atoms with van der Waals surface area (Å²) >= 11 is 0. The summed E-state index contributed by atoms with van der Waals surface area (Å²) in [6.45, 7) is 2.98. The molecular weight excluding hydrogens is 360 g/mol. The normalized spacial score (nSPS) is 26.8. The zero-order chi connectivity index (χ0) is 19.3. The van der Waals surface area contributed by atoms with E-state index in [0.29, 0.717) is 17.4 Å². The summed E-state index contributed by atoms with van der Waals surface area (Å²) in [6.07, 6.45) is 8.50. The van der Waals surface area contributed by atoms with Crippen molar-refractivity contribution in [3.05, 3.63) is 30.3 Å². The van der Waals surface area contributed by atoms with Gasteiger partial charge in [0.25, 0.3) is 0 Å². The van der Waals surface area contributed by atoms with Crippen LogP contribution in [0.25, 0.3) is 0 Å². The lowest BCUT2D eigenvalue weighted by Crippen LogP contribution is -2.48. The lowest BCUT2D eigenvalue weighted by atomic mass is 9.94. The van der Waals surface area contributed by atoms with Gasteiger partial charge in [-0.2, -0.15) is 4.31 Å². The number of hydrogen-bond donors (Lipinski definition) is 1. The highest BCUT2D eigenvalue weighted by atomic mass is 32.2. The van der Waals surface area contributed by atoms with E-state index >= 15 is 0 Å². The van der Waals surface area contributed by atoms with Crippen molar-refractivity contribution in [1.29, 1.82) is 0 Å². The third kappa shape index (κ3) is 4.91. The van der Waals surface area contributed by atoms with E-state index in [1.54, 1.807) is 24.3 Å². The first-order valence-corrected chi connectivity index (χ1v) is 11.8. The molecule has 27 heavy (non-hydrogen) atoms. The number of nitrogens with one attached hydrogen (secondary N) is 1. The summed E-state index contributed by atoms with van der Waals surface area (Å²) in [6, 6.07) is 8.79. The van der Waals surface area contributed by atoms with Gasteiger partial charge in [-0.05, 0) is 50.2 Å². The SMILES string of the molecule is CCCCC1CCCC1NC(=O)C1CCCN(S(=O)(=O)c2ccccc2)C1. The topological polar surface area (TPSA) is 66.5 Å². The van der Waals surface area contributed by atoms with Gasteiger partial charge in [0.05, 0.1) is 10.8 Å². The van der Waals surface area contributed by atoms with Crippen LogP contribution < -0.4 is 5.32 Å². The van der Waals surface area contributed by atoms with Crippen LogP contribution in [0.3, 0.4) is 0 Å². The molecule has 0 radical (unpaired) electrons. The average Bonchev–Trinajstić information content (AvgIpc) is 3.14. The zero-order valence-electron chi connectivity index (χ0n) is 16.3. The molecular formula is C21H32N2O3S. The quantitative estimate of drug-likeness (QED) is 0.771. The summed E-state index contributed by atoms with van der Waals surface area (Å²) < 4.78 is 27.2. The molecule has 6 heteroatoms. The van der Waals surface area contributed by atoms with Crippen molar-refractivity contribution < 1.29 is 13.2 Å². The third-order valence-electron chi connectivity index (χ3n) is 6.05. The lowest BCUT2D eigenvalue weighted by Gasteiger charge is -2.32. The van der Waals surface area contributed by atoms with E-state index in [1.807, 2.05) is 6.07 Å². The second kappa shape index (κ2) is 9.20. The Bertz CT molecular complexity index is 720. The molecule has 0 bridgehead atoms. The molecule has 5 nitrogen and oxygen atoms in total. The van der Waals surface area contributed by atoms with E-state index in [2.05, 4.69) is 12.2 Å². The van der Waals surface area contributed by atoms with E-state index < -0.39 is 10.0 Å². The lowest BCUT2D eigenvalue weighted by molar-refractivity contribution is -0.127. The minimum atomic E-state index is -3.53. The van der Waals surface area contributed by atoms with Crippen LogP contribution in [-0.4, -0.2) is 37.8 Å². The number of nitrogens with zero attached hydrogens (tertiary/aromatic N) is 1. The number of carbonyl (C=O) groups excluding carboxylic acids is 1. The Hall–Kier alpha value is -1.40. The molecule has 1 saturated carbocycles. The zero-order valence-corrected chi connectivity index (χ0v) is 17.1. The van der Waals surface area contributed by atoms with Crippen LogP contribution in [0, 0.1) is 11.8 Å². The predicted octanol–water partition coefficient (Wildman–Crippen LogP) is 3.56. The first-order chi connectivity index (χ1) is 13.0. The summed E-state index contributed by atoms with van der Waals surface area (Å²) in [5.74, 6) is 0.377. The van der Waals surface area contributed by atoms with Gasteiger partial charge in [-0.1, -0.05) is 44.4 Å². The van der Waals surface area contributed by atoms with E-state index in [1.165, 1.54) is 36.4 Å². The second-order valence-electron chi connectivity index (χ2n) is 7.96. The molecule has 1 aromatic rings. The minimum Gasteiger partial charge on any atom is -0.353 e. The Kier molecular flexibility index (Phi) is 6.93. The van der Waals surface area contributed by atoms with Gasteiger partial charge in [0.1, 0.15) is 0 Å². The number of rotatable bonds is 7. The second-order valence-corrected chi connectivity index (χ2v) is 9.90. The smallest absolute Gasteiger partial charge is 0.243 e. The molecule has 1 heterocycles. The number of benzene rings is 1. The Balaban J connectivity index is 1.61. The van der Waals surface area contributed by atoms with Crippen LogP contribution >= 0.6 is 0 Å². The maximum absolute atomic E-state index is 12.9. The van der Waals surface area contributed by atoms with Crippen LogP contribution in [0.5, 0.6) is 0 Å². The highest BCUT2D eigenvalue weighted by Gasteiger charge is 2.35. The molecule has 2 fully saturated rings. The van der Waals surface area contributed by atoms with E-state index in [9.17, 15) is 13.2 Å². The fraction of sp³-hybridized carbons (Fsp3) is 0.667. The largest absolute Gasteiger partial charge is 0.353 e. The Morgan fingerprint density at radius 1 is 1.15 bits per heavy atom. The highest BCUT2D eigenvalue weighted by Crippen LogP contribution is 2.31. The highest BCUT2D eigenvalue weighted by molar-refractivity contribution is 7.89. The van der Waals surface area contributed by atoms with Crippen LogP contribution in [0.4, 0.5) is 0 Å². The van der Waals surface area contributed by atoms with Crippen LogP contribution in [0.1, 0.15) is 58.3 Å². The fourth-order valence-electron chi connectivity index (χ4n) is 4.46. The van der Waals surface area contributed by atoms with Crippen molar-refractivity contribution >= 4 is 15.9 Å². The maximum Gasteiger partial charge on any atom is 0.243 e.